The first-order valence-corrected chi connectivity index (χ1v) is 8.99. The topological polar surface area (TPSA) is 51.2 Å². The molecule has 1 heterocycles. The molecule has 29 heavy (non-hydrogen) atoms. The average molecular weight is 400 g/mol. The maximum atomic E-state index is 12.8. The molecule has 0 atom stereocenters. The Morgan fingerprint density at radius 3 is 2.38 bits per heavy atom. The third-order valence-corrected chi connectivity index (χ3v) is 4.24. The molecule has 0 bridgehead atoms. The van der Waals surface area contributed by atoms with E-state index in [1.165, 1.54) is 12.1 Å². The molecule has 1 aromatic heterocycles. The molecule has 150 valence electrons. The number of hydrogen-bond acceptors (Lipinski definition) is 3. The van der Waals surface area contributed by atoms with E-state index in [2.05, 4.69) is 10.3 Å². The normalized spacial score (nSPS) is 11.2. The highest BCUT2D eigenvalue weighted by molar-refractivity contribution is 6.05. The third kappa shape index (κ3) is 5.13. The number of aryl methyl sites for hydroxylation is 2. The van der Waals surface area contributed by atoms with E-state index >= 15 is 0 Å². The molecule has 4 nitrogen and oxygen atoms in total. The Hall–Kier alpha value is -3.35. The smallest absolute Gasteiger partial charge is 0.416 e. The molecule has 0 saturated heterocycles. The van der Waals surface area contributed by atoms with Gasteiger partial charge < -0.3 is 10.1 Å². The van der Waals surface area contributed by atoms with Gasteiger partial charge in [0.05, 0.1) is 16.8 Å². The lowest BCUT2D eigenvalue weighted by atomic mass is 10.1. The molecule has 3 aromatic rings. The van der Waals surface area contributed by atoms with Crippen molar-refractivity contribution >= 4 is 11.6 Å². The Bertz CT molecular complexity index is 1030. The van der Waals surface area contributed by atoms with Crippen LogP contribution in [0, 0.1) is 6.92 Å². The standard InChI is InChI=1S/C22H19F3N2O2/c1-3-16-10-11-20(14(2)26-16)21(28)27-17-7-5-9-19(13-17)29-18-8-4-6-15(12-18)22(23,24)25/h4-13H,3H2,1-2H3,(H,27,28). The summed E-state index contributed by atoms with van der Waals surface area (Å²) in [6.45, 7) is 3.75. The number of carbonyl (C=O) groups excluding carboxylic acids is 1. The molecule has 1 N–H and O–H groups in total. The predicted octanol–water partition coefficient (Wildman–Crippen LogP) is 6.02. The number of carbonyl (C=O) groups is 1. The van der Waals surface area contributed by atoms with Crippen molar-refractivity contribution in [3.05, 3.63) is 83.2 Å². The van der Waals surface area contributed by atoms with Crippen LogP contribution in [-0.4, -0.2) is 10.9 Å². The Balaban J connectivity index is 1.75. The van der Waals surface area contributed by atoms with Crippen LogP contribution in [0.4, 0.5) is 18.9 Å². The fourth-order valence-corrected chi connectivity index (χ4v) is 2.76. The van der Waals surface area contributed by atoms with Gasteiger partial charge in [-0.3, -0.25) is 9.78 Å². The molecule has 0 unspecified atom stereocenters. The van der Waals surface area contributed by atoms with Crippen LogP contribution < -0.4 is 10.1 Å². The number of amides is 1. The van der Waals surface area contributed by atoms with Crippen LogP contribution in [-0.2, 0) is 12.6 Å². The highest BCUT2D eigenvalue weighted by Gasteiger charge is 2.30. The van der Waals surface area contributed by atoms with Gasteiger partial charge in [-0.1, -0.05) is 19.1 Å². The third-order valence-electron chi connectivity index (χ3n) is 4.24. The largest absolute Gasteiger partial charge is 0.457 e. The number of hydrogen-bond donors (Lipinski definition) is 1. The Morgan fingerprint density at radius 1 is 1.03 bits per heavy atom. The fraction of sp³-hybridized carbons (Fsp3) is 0.182. The van der Waals surface area contributed by atoms with Crippen LogP contribution in [0.5, 0.6) is 11.5 Å². The monoisotopic (exact) mass is 400 g/mol. The lowest BCUT2D eigenvalue weighted by molar-refractivity contribution is -0.137. The maximum Gasteiger partial charge on any atom is 0.416 e. The van der Waals surface area contributed by atoms with Gasteiger partial charge in [0.1, 0.15) is 11.5 Å². The van der Waals surface area contributed by atoms with Gasteiger partial charge in [-0.2, -0.15) is 13.2 Å². The van der Waals surface area contributed by atoms with E-state index in [1.807, 2.05) is 6.92 Å². The molecule has 0 fully saturated rings. The minimum Gasteiger partial charge on any atom is -0.457 e. The Labute approximate surface area is 166 Å². The first kappa shape index (κ1) is 20.4. The van der Waals surface area contributed by atoms with Crippen molar-refractivity contribution in [2.45, 2.75) is 26.4 Å². The van der Waals surface area contributed by atoms with Crippen molar-refractivity contribution < 1.29 is 22.7 Å². The van der Waals surface area contributed by atoms with Gasteiger partial charge in [-0.15, -0.1) is 0 Å². The SMILES string of the molecule is CCc1ccc(C(=O)Nc2cccc(Oc3cccc(C(F)(F)F)c3)c2)c(C)n1. The number of nitrogens with one attached hydrogen (secondary N) is 1. The summed E-state index contributed by atoms with van der Waals surface area (Å²) in [5.74, 6) is 0.0330. The van der Waals surface area contributed by atoms with Crippen LogP contribution in [0.2, 0.25) is 0 Å². The van der Waals surface area contributed by atoms with E-state index in [9.17, 15) is 18.0 Å². The quantitative estimate of drug-likeness (QED) is 0.570. The van der Waals surface area contributed by atoms with E-state index in [-0.39, 0.29) is 11.7 Å². The van der Waals surface area contributed by atoms with Gasteiger partial charge in [0.15, 0.2) is 0 Å². The van der Waals surface area contributed by atoms with Crippen LogP contribution in [0.15, 0.2) is 60.7 Å². The Kier molecular flexibility index (Phi) is 5.87. The molecule has 3 rings (SSSR count). The van der Waals surface area contributed by atoms with E-state index in [0.717, 1.165) is 24.2 Å². The molecule has 2 aromatic carbocycles. The van der Waals surface area contributed by atoms with Crippen molar-refractivity contribution in [1.82, 2.24) is 4.98 Å². The van der Waals surface area contributed by atoms with Gasteiger partial charge in [0.2, 0.25) is 0 Å². The molecular weight excluding hydrogens is 381 g/mol. The van der Waals surface area contributed by atoms with Crippen LogP contribution in [0.25, 0.3) is 0 Å². The summed E-state index contributed by atoms with van der Waals surface area (Å²) in [7, 11) is 0. The fourth-order valence-electron chi connectivity index (χ4n) is 2.76. The molecule has 0 radical (unpaired) electrons. The van der Waals surface area contributed by atoms with Crippen LogP contribution in [0.3, 0.4) is 0 Å². The van der Waals surface area contributed by atoms with Crippen molar-refractivity contribution in [2.24, 2.45) is 0 Å². The number of aromatic nitrogens is 1. The maximum absolute atomic E-state index is 12.8. The average Bonchev–Trinajstić information content (AvgIpc) is 2.67. The summed E-state index contributed by atoms with van der Waals surface area (Å²) < 4.78 is 44.1. The lowest BCUT2D eigenvalue weighted by Gasteiger charge is -2.12. The number of pyridine rings is 1. The molecular formula is C22H19F3N2O2. The zero-order valence-electron chi connectivity index (χ0n) is 15.9. The molecule has 7 heteroatoms. The van der Waals surface area contributed by atoms with Crippen molar-refractivity contribution in [3.8, 4) is 11.5 Å². The first-order chi connectivity index (χ1) is 13.8. The van der Waals surface area contributed by atoms with Crippen molar-refractivity contribution in [3.63, 3.8) is 0 Å². The first-order valence-electron chi connectivity index (χ1n) is 8.99. The molecule has 0 saturated carbocycles. The van der Waals surface area contributed by atoms with E-state index < -0.39 is 11.7 Å². The summed E-state index contributed by atoms with van der Waals surface area (Å²) in [5, 5.41) is 2.76. The molecule has 1 amide bonds. The van der Waals surface area contributed by atoms with Crippen LogP contribution >= 0.6 is 0 Å². The van der Waals surface area contributed by atoms with E-state index in [0.29, 0.717) is 22.7 Å². The zero-order chi connectivity index (χ0) is 21.0. The molecule has 0 aliphatic heterocycles. The van der Waals surface area contributed by atoms with E-state index in [4.69, 9.17) is 4.74 Å². The van der Waals surface area contributed by atoms with Gasteiger partial charge in [-0.05, 0) is 55.8 Å². The number of rotatable bonds is 5. The summed E-state index contributed by atoms with van der Waals surface area (Å²) in [5.41, 5.74) is 1.64. The second-order valence-electron chi connectivity index (χ2n) is 6.40. The highest BCUT2D eigenvalue weighted by Crippen LogP contribution is 2.33. The second kappa shape index (κ2) is 8.34. The van der Waals surface area contributed by atoms with Gasteiger partial charge >= 0.3 is 6.18 Å². The lowest BCUT2D eigenvalue weighted by Crippen LogP contribution is -2.14. The minimum atomic E-state index is -4.45. The van der Waals surface area contributed by atoms with Gasteiger partial charge in [0, 0.05) is 17.4 Å². The number of alkyl halides is 3. The van der Waals surface area contributed by atoms with Gasteiger partial charge in [-0.25, -0.2) is 0 Å². The predicted molar refractivity (Wildman–Crippen MR) is 104 cm³/mol. The number of ether oxygens (including phenoxy) is 1. The zero-order valence-corrected chi connectivity index (χ0v) is 15.9. The molecule has 0 spiro atoms. The van der Waals surface area contributed by atoms with Crippen LogP contribution in [0.1, 0.15) is 34.2 Å². The summed E-state index contributed by atoms with van der Waals surface area (Å²) in [6, 6.07) is 14.6. The van der Waals surface area contributed by atoms with Gasteiger partial charge in [0.25, 0.3) is 5.91 Å². The Morgan fingerprint density at radius 2 is 1.72 bits per heavy atom. The minimum absolute atomic E-state index is 0.0542. The highest BCUT2D eigenvalue weighted by atomic mass is 19.4. The summed E-state index contributed by atoms with van der Waals surface area (Å²) >= 11 is 0. The number of benzene rings is 2. The number of halogens is 3. The number of anilines is 1. The van der Waals surface area contributed by atoms with Crippen molar-refractivity contribution in [2.75, 3.05) is 5.32 Å². The van der Waals surface area contributed by atoms with Crippen molar-refractivity contribution in [1.29, 1.82) is 0 Å². The van der Waals surface area contributed by atoms with E-state index in [1.54, 1.807) is 43.3 Å². The number of nitrogens with zero attached hydrogens (tertiary/aromatic N) is 1. The second-order valence-corrected chi connectivity index (χ2v) is 6.40. The molecule has 0 aliphatic carbocycles. The molecule has 0 aliphatic rings. The summed E-state index contributed by atoms with van der Waals surface area (Å²) in [4.78, 5) is 16.9. The summed E-state index contributed by atoms with van der Waals surface area (Å²) in [6.07, 6.45) is -3.67.